The Bertz CT molecular complexity index is 1030. The molecule has 1 saturated heterocycles. The first-order valence-corrected chi connectivity index (χ1v) is 10.2. The molecule has 1 atom stereocenters. The van der Waals surface area contributed by atoms with Gasteiger partial charge in [-0.05, 0) is 45.3 Å². The zero-order chi connectivity index (χ0) is 23.4. The lowest BCUT2D eigenvalue weighted by Crippen LogP contribution is -2.32. The largest absolute Gasteiger partial charge is 0.506 e. The fourth-order valence-corrected chi connectivity index (χ4v) is 3.91. The highest BCUT2D eigenvalue weighted by Gasteiger charge is 2.47. The van der Waals surface area contributed by atoms with Gasteiger partial charge in [-0.3, -0.25) is 9.59 Å². The summed E-state index contributed by atoms with van der Waals surface area (Å²) < 4.78 is 25.5. The number of ketones is 1. The molecule has 1 unspecified atom stereocenters. The number of ether oxygens (including phenoxy) is 2. The number of rotatable bonds is 8. The van der Waals surface area contributed by atoms with Crippen LogP contribution >= 0.6 is 0 Å². The fourth-order valence-electron chi connectivity index (χ4n) is 3.91. The second kappa shape index (κ2) is 9.82. The summed E-state index contributed by atoms with van der Waals surface area (Å²) in [5, 5.41) is 11.3. The Morgan fingerprint density at radius 1 is 1.06 bits per heavy atom. The number of hydrogen-bond donors (Lipinski definition) is 1. The third-order valence-corrected chi connectivity index (χ3v) is 5.41. The zero-order valence-corrected chi connectivity index (χ0v) is 18.6. The molecule has 0 bridgehead atoms. The minimum atomic E-state index is -1.08. The van der Waals surface area contributed by atoms with E-state index in [1.165, 1.54) is 37.3 Å². The summed E-state index contributed by atoms with van der Waals surface area (Å²) in [5.74, 6) is -2.20. The summed E-state index contributed by atoms with van der Waals surface area (Å²) in [6, 6.07) is 9.72. The molecule has 2 aromatic carbocycles. The van der Waals surface area contributed by atoms with Crippen LogP contribution < -0.4 is 9.47 Å². The van der Waals surface area contributed by atoms with Crippen LogP contribution in [0, 0.1) is 5.82 Å². The Morgan fingerprint density at radius 2 is 1.69 bits per heavy atom. The molecule has 3 rings (SSSR count). The first-order valence-electron chi connectivity index (χ1n) is 10.2. The summed E-state index contributed by atoms with van der Waals surface area (Å²) in [7, 11) is 6.63. The molecule has 1 aliphatic heterocycles. The van der Waals surface area contributed by atoms with Gasteiger partial charge in [-0.15, -0.1) is 0 Å². The lowest BCUT2D eigenvalue weighted by molar-refractivity contribution is -0.140. The van der Waals surface area contributed by atoms with Crippen LogP contribution in [-0.4, -0.2) is 68.0 Å². The van der Waals surface area contributed by atoms with Crippen LogP contribution in [0.4, 0.5) is 4.39 Å². The Kier molecular flexibility index (Phi) is 7.15. The van der Waals surface area contributed by atoms with E-state index in [1.54, 1.807) is 24.3 Å². The van der Waals surface area contributed by atoms with Crippen molar-refractivity contribution in [1.82, 2.24) is 9.80 Å². The standard InChI is InChI=1S/C24H27FN2O5/c1-26(2)13-8-14-27-21(15-9-5-6-10-16(15)25)20(23(29)24(27)30)22(28)19-17(31-3)11-7-12-18(19)32-4/h5-7,9-12,21,28H,8,13-14H2,1-4H3/b22-20+. The van der Waals surface area contributed by atoms with Gasteiger partial charge in [-0.25, -0.2) is 4.39 Å². The third-order valence-electron chi connectivity index (χ3n) is 5.41. The molecule has 0 saturated carbocycles. The molecule has 1 fully saturated rings. The Hall–Kier alpha value is -3.39. The number of amides is 1. The first-order chi connectivity index (χ1) is 15.3. The molecule has 1 amide bonds. The van der Waals surface area contributed by atoms with Crippen LogP contribution in [0.2, 0.25) is 0 Å². The second-order valence-corrected chi connectivity index (χ2v) is 7.71. The number of likely N-dealkylation sites (tertiary alicyclic amines) is 1. The van der Waals surface area contributed by atoms with E-state index in [2.05, 4.69) is 0 Å². The summed E-state index contributed by atoms with van der Waals surface area (Å²) in [6.45, 7) is 0.898. The Morgan fingerprint density at radius 3 is 2.25 bits per heavy atom. The lowest BCUT2D eigenvalue weighted by atomic mass is 9.94. The third kappa shape index (κ3) is 4.31. The molecule has 1 aliphatic rings. The highest BCUT2D eigenvalue weighted by atomic mass is 19.1. The maximum Gasteiger partial charge on any atom is 0.295 e. The second-order valence-electron chi connectivity index (χ2n) is 7.71. The van der Waals surface area contributed by atoms with Crippen molar-refractivity contribution >= 4 is 17.4 Å². The Labute approximate surface area is 186 Å². The SMILES string of the molecule is COc1cccc(OC)c1/C(O)=C1\C(=O)C(=O)N(CCCN(C)C)C1c1ccccc1F. The van der Waals surface area contributed by atoms with Crippen molar-refractivity contribution in [2.45, 2.75) is 12.5 Å². The van der Waals surface area contributed by atoms with Gasteiger partial charge in [-0.1, -0.05) is 24.3 Å². The van der Waals surface area contributed by atoms with E-state index in [9.17, 15) is 19.1 Å². The van der Waals surface area contributed by atoms with Crippen molar-refractivity contribution in [3.05, 3.63) is 65.0 Å². The predicted molar refractivity (Wildman–Crippen MR) is 118 cm³/mol. The number of aliphatic hydroxyl groups excluding tert-OH is 1. The van der Waals surface area contributed by atoms with Crippen LogP contribution in [0.5, 0.6) is 11.5 Å². The molecule has 1 heterocycles. The van der Waals surface area contributed by atoms with Gasteiger partial charge in [0.1, 0.15) is 28.6 Å². The van der Waals surface area contributed by atoms with E-state index in [-0.39, 0.29) is 34.7 Å². The van der Waals surface area contributed by atoms with E-state index < -0.39 is 29.3 Å². The number of aliphatic hydroxyl groups is 1. The number of hydrogen-bond acceptors (Lipinski definition) is 6. The molecular weight excluding hydrogens is 415 g/mol. The first kappa shape index (κ1) is 23.3. The number of benzene rings is 2. The van der Waals surface area contributed by atoms with Crippen molar-refractivity contribution in [3.8, 4) is 11.5 Å². The molecule has 0 radical (unpaired) electrons. The molecule has 0 spiro atoms. The molecule has 7 nitrogen and oxygen atoms in total. The number of carbonyl (C=O) groups excluding carboxylic acids is 2. The molecule has 8 heteroatoms. The fraction of sp³-hybridized carbons (Fsp3) is 0.333. The average Bonchev–Trinajstić information content (AvgIpc) is 3.03. The number of nitrogens with zero attached hydrogens (tertiary/aromatic N) is 2. The molecule has 170 valence electrons. The molecule has 0 aliphatic carbocycles. The van der Waals surface area contributed by atoms with E-state index in [1.807, 2.05) is 19.0 Å². The van der Waals surface area contributed by atoms with Gasteiger partial charge in [0.2, 0.25) is 0 Å². The van der Waals surface area contributed by atoms with Crippen LogP contribution in [-0.2, 0) is 9.59 Å². The van der Waals surface area contributed by atoms with E-state index in [4.69, 9.17) is 9.47 Å². The summed E-state index contributed by atoms with van der Waals surface area (Å²) >= 11 is 0. The molecule has 32 heavy (non-hydrogen) atoms. The van der Waals surface area contributed by atoms with Crippen molar-refractivity contribution in [2.75, 3.05) is 41.4 Å². The number of Topliss-reactive ketones (excluding diaryl/α,β-unsaturated/α-hetero) is 1. The van der Waals surface area contributed by atoms with Gasteiger partial charge in [0.15, 0.2) is 0 Å². The van der Waals surface area contributed by atoms with Gasteiger partial charge in [0.25, 0.3) is 11.7 Å². The highest BCUT2D eigenvalue weighted by molar-refractivity contribution is 6.46. The quantitative estimate of drug-likeness (QED) is 0.384. The summed E-state index contributed by atoms with van der Waals surface area (Å²) in [4.78, 5) is 29.3. The average molecular weight is 442 g/mol. The maximum absolute atomic E-state index is 14.8. The van der Waals surface area contributed by atoms with E-state index in [0.717, 1.165) is 0 Å². The number of carbonyl (C=O) groups is 2. The van der Waals surface area contributed by atoms with E-state index >= 15 is 0 Å². The van der Waals surface area contributed by atoms with Gasteiger partial charge in [0.05, 0.1) is 25.8 Å². The number of methoxy groups -OCH3 is 2. The van der Waals surface area contributed by atoms with Gasteiger partial charge in [0, 0.05) is 12.1 Å². The predicted octanol–water partition coefficient (Wildman–Crippen LogP) is 3.22. The minimum absolute atomic E-state index is 0.130. The van der Waals surface area contributed by atoms with Crippen molar-refractivity contribution in [3.63, 3.8) is 0 Å². The van der Waals surface area contributed by atoms with E-state index in [0.29, 0.717) is 13.0 Å². The molecular formula is C24H27FN2O5. The number of halogens is 1. The minimum Gasteiger partial charge on any atom is -0.506 e. The van der Waals surface area contributed by atoms with Crippen molar-refractivity contribution in [1.29, 1.82) is 0 Å². The van der Waals surface area contributed by atoms with Crippen molar-refractivity contribution in [2.24, 2.45) is 0 Å². The lowest BCUT2D eigenvalue weighted by Gasteiger charge is -2.26. The maximum atomic E-state index is 14.8. The smallest absolute Gasteiger partial charge is 0.295 e. The van der Waals surface area contributed by atoms with Crippen LogP contribution in [0.15, 0.2) is 48.0 Å². The molecule has 2 aromatic rings. The van der Waals surface area contributed by atoms with Gasteiger partial charge >= 0.3 is 0 Å². The topological polar surface area (TPSA) is 79.3 Å². The monoisotopic (exact) mass is 442 g/mol. The normalized spacial score (nSPS) is 17.8. The van der Waals surface area contributed by atoms with Crippen LogP contribution in [0.3, 0.4) is 0 Å². The molecule has 0 aromatic heterocycles. The summed E-state index contributed by atoms with van der Waals surface area (Å²) in [5.41, 5.74) is 0.0600. The van der Waals surface area contributed by atoms with Gasteiger partial charge in [-0.2, -0.15) is 0 Å². The highest BCUT2D eigenvalue weighted by Crippen LogP contribution is 2.43. The van der Waals surface area contributed by atoms with Crippen LogP contribution in [0.1, 0.15) is 23.6 Å². The van der Waals surface area contributed by atoms with Gasteiger partial charge < -0.3 is 24.4 Å². The van der Waals surface area contributed by atoms with Crippen LogP contribution in [0.25, 0.3) is 5.76 Å². The summed E-state index contributed by atoms with van der Waals surface area (Å²) in [6.07, 6.45) is 0.572. The molecule has 1 N–H and O–H groups in total. The van der Waals surface area contributed by atoms with Crippen molar-refractivity contribution < 1.29 is 28.6 Å². The Balaban J connectivity index is 2.22. The zero-order valence-electron chi connectivity index (χ0n) is 18.6.